The molecule has 2 aromatic carbocycles. The molecule has 0 radical (unpaired) electrons. The zero-order valence-corrected chi connectivity index (χ0v) is 16.3. The summed E-state index contributed by atoms with van der Waals surface area (Å²) in [5.74, 6) is -3.80. The highest BCUT2D eigenvalue weighted by atomic mass is 19.1. The van der Waals surface area contributed by atoms with Crippen molar-refractivity contribution in [3.63, 3.8) is 0 Å². The predicted octanol–water partition coefficient (Wildman–Crippen LogP) is 4.58. The summed E-state index contributed by atoms with van der Waals surface area (Å²) in [6.07, 6.45) is 1.31. The molecule has 1 aliphatic rings. The van der Waals surface area contributed by atoms with Gasteiger partial charge in [-0.2, -0.15) is 0 Å². The van der Waals surface area contributed by atoms with Crippen molar-refractivity contribution in [2.75, 3.05) is 11.5 Å². The van der Waals surface area contributed by atoms with Gasteiger partial charge in [0.2, 0.25) is 0 Å². The van der Waals surface area contributed by atoms with Crippen LogP contribution in [0.3, 0.4) is 0 Å². The molecule has 31 heavy (non-hydrogen) atoms. The van der Waals surface area contributed by atoms with Crippen LogP contribution < -0.4 is 9.64 Å². The highest BCUT2D eigenvalue weighted by Gasteiger charge is 2.49. The van der Waals surface area contributed by atoms with Crippen molar-refractivity contribution in [3.8, 4) is 5.75 Å². The van der Waals surface area contributed by atoms with Crippen LogP contribution in [0.5, 0.6) is 5.75 Å². The van der Waals surface area contributed by atoms with Gasteiger partial charge in [-0.3, -0.25) is 14.5 Å². The normalized spacial score (nSPS) is 17.9. The maximum Gasteiger partial charge on any atom is 0.300 e. The molecule has 4 rings (SSSR count). The number of aliphatic hydroxyl groups is 1. The molecule has 3 aromatic rings. The summed E-state index contributed by atoms with van der Waals surface area (Å²) in [5, 5.41) is 11.0. The number of hydrogen-bond acceptors (Lipinski definition) is 5. The monoisotopic (exact) mass is 425 g/mol. The Kier molecular flexibility index (Phi) is 5.29. The van der Waals surface area contributed by atoms with Crippen molar-refractivity contribution in [2.45, 2.75) is 13.0 Å². The first kappa shape index (κ1) is 20.3. The summed E-state index contributed by atoms with van der Waals surface area (Å²) in [6, 6.07) is 10.6. The van der Waals surface area contributed by atoms with Gasteiger partial charge < -0.3 is 14.3 Å². The Morgan fingerprint density at radius 3 is 2.65 bits per heavy atom. The summed E-state index contributed by atoms with van der Waals surface area (Å²) in [4.78, 5) is 26.6. The Morgan fingerprint density at radius 1 is 1.13 bits per heavy atom. The van der Waals surface area contributed by atoms with Crippen LogP contribution in [0.1, 0.15) is 24.3 Å². The van der Waals surface area contributed by atoms with Crippen LogP contribution in [-0.4, -0.2) is 23.4 Å². The number of nitrogens with zero attached hydrogens (tertiary/aromatic N) is 1. The van der Waals surface area contributed by atoms with Gasteiger partial charge in [0.15, 0.2) is 0 Å². The Bertz CT molecular complexity index is 1190. The Labute approximate surface area is 176 Å². The minimum absolute atomic E-state index is 0.102. The second-order valence-electron chi connectivity index (χ2n) is 6.74. The third-order valence-corrected chi connectivity index (χ3v) is 4.84. The Hall–Kier alpha value is -3.94. The van der Waals surface area contributed by atoms with E-state index >= 15 is 0 Å². The summed E-state index contributed by atoms with van der Waals surface area (Å²) in [5.41, 5.74) is -0.525. The number of ether oxygens (including phenoxy) is 1. The molecule has 1 saturated heterocycles. The number of benzene rings is 2. The van der Waals surface area contributed by atoms with E-state index in [1.807, 2.05) is 0 Å². The summed E-state index contributed by atoms with van der Waals surface area (Å²) in [6.45, 7) is 2.18. The molecule has 0 saturated carbocycles. The molecular weight excluding hydrogens is 408 g/mol. The van der Waals surface area contributed by atoms with Gasteiger partial charge in [0.25, 0.3) is 11.7 Å². The van der Waals surface area contributed by atoms with Crippen molar-refractivity contribution >= 4 is 23.1 Å². The first-order valence-electron chi connectivity index (χ1n) is 9.45. The predicted molar refractivity (Wildman–Crippen MR) is 107 cm³/mol. The van der Waals surface area contributed by atoms with Crippen molar-refractivity contribution in [1.82, 2.24) is 0 Å². The van der Waals surface area contributed by atoms with E-state index in [-0.39, 0.29) is 16.9 Å². The molecule has 8 heteroatoms. The standard InChI is InChI=1S/C23H17F2NO5/c1-2-30-15-6-3-5-13(11-15)21(27)19-20(18-7-4-10-31-18)26(23(29)22(19)28)17-12-14(24)8-9-16(17)25/h3-12,20,27H,2H2,1H3/b21-19-. The lowest BCUT2D eigenvalue weighted by Crippen LogP contribution is -2.30. The zero-order chi connectivity index (χ0) is 22.1. The highest BCUT2D eigenvalue weighted by Crippen LogP contribution is 2.43. The molecule has 2 heterocycles. The summed E-state index contributed by atoms with van der Waals surface area (Å²) < 4.78 is 39.2. The second-order valence-corrected chi connectivity index (χ2v) is 6.74. The van der Waals surface area contributed by atoms with Crippen LogP contribution in [0.25, 0.3) is 5.76 Å². The molecule has 1 N–H and O–H groups in total. The minimum atomic E-state index is -1.29. The fraction of sp³-hybridized carbons (Fsp3) is 0.130. The smallest absolute Gasteiger partial charge is 0.300 e. The molecule has 1 fully saturated rings. The zero-order valence-electron chi connectivity index (χ0n) is 16.3. The van der Waals surface area contributed by atoms with Gasteiger partial charge in [-0.1, -0.05) is 12.1 Å². The van der Waals surface area contributed by atoms with E-state index in [2.05, 4.69) is 0 Å². The molecule has 6 nitrogen and oxygen atoms in total. The van der Waals surface area contributed by atoms with Crippen molar-refractivity contribution < 1.29 is 32.6 Å². The Morgan fingerprint density at radius 2 is 1.94 bits per heavy atom. The largest absolute Gasteiger partial charge is 0.507 e. The number of anilines is 1. The molecule has 1 amide bonds. The molecule has 1 aromatic heterocycles. The first-order chi connectivity index (χ1) is 14.9. The number of ketones is 1. The van der Waals surface area contributed by atoms with Crippen LogP contribution in [0.15, 0.2) is 70.9 Å². The highest BCUT2D eigenvalue weighted by molar-refractivity contribution is 6.51. The fourth-order valence-electron chi connectivity index (χ4n) is 3.52. The number of furan rings is 1. The maximum atomic E-state index is 14.5. The minimum Gasteiger partial charge on any atom is -0.507 e. The van der Waals surface area contributed by atoms with E-state index in [1.54, 1.807) is 19.1 Å². The van der Waals surface area contributed by atoms with E-state index in [1.165, 1.54) is 30.5 Å². The third-order valence-electron chi connectivity index (χ3n) is 4.84. The van der Waals surface area contributed by atoms with Crippen LogP contribution >= 0.6 is 0 Å². The van der Waals surface area contributed by atoms with Crippen LogP contribution in [0.2, 0.25) is 0 Å². The number of halogens is 2. The third kappa shape index (κ3) is 3.56. The van der Waals surface area contributed by atoms with Crippen LogP contribution in [0.4, 0.5) is 14.5 Å². The molecule has 158 valence electrons. The quantitative estimate of drug-likeness (QED) is 0.368. The number of hydrogen-bond donors (Lipinski definition) is 1. The van der Waals surface area contributed by atoms with Crippen molar-refractivity contribution in [3.05, 3.63) is 89.4 Å². The van der Waals surface area contributed by atoms with E-state index in [4.69, 9.17) is 9.15 Å². The fourth-order valence-corrected chi connectivity index (χ4v) is 3.52. The SMILES string of the molecule is CCOc1cccc(/C(O)=C2/C(=O)C(=O)N(c3cc(F)ccc3F)C2c2ccco2)c1. The lowest BCUT2D eigenvalue weighted by Gasteiger charge is -2.23. The van der Waals surface area contributed by atoms with E-state index in [0.29, 0.717) is 12.4 Å². The number of Topliss-reactive ketones (excluding diaryl/α,β-unsaturated/α-hetero) is 1. The second kappa shape index (κ2) is 8.06. The number of amides is 1. The van der Waals surface area contributed by atoms with Gasteiger partial charge in [0.1, 0.15) is 34.9 Å². The van der Waals surface area contributed by atoms with Crippen LogP contribution in [-0.2, 0) is 9.59 Å². The molecule has 1 aliphatic heterocycles. The molecule has 0 bridgehead atoms. The molecular formula is C23H17F2NO5. The average Bonchev–Trinajstić information content (AvgIpc) is 3.37. The van der Waals surface area contributed by atoms with Gasteiger partial charge in [0.05, 0.1) is 24.1 Å². The number of aliphatic hydroxyl groups excluding tert-OH is 1. The van der Waals surface area contributed by atoms with E-state index in [0.717, 1.165) is 23.1 Å². The maximum absolute atomic E-state index is 14.5. The first-order valence-corrected chi connectivity index (χ1v) is 9.45. The number of rotatable bonds is 5. The topological polar surface area (TPSA) is 80.0 Å². The number of carbonyl (C=O) groups excluding carboxylic acids is 2. The number of carbonyl (C=O) groups is 2. The van der Waals surface area contributed by atoms with E-state index in [9.17, 15) is 23.5 Å². The van der Waals surface area contributed by atoms with E-state index < -0.39 is 40.8 Å². The molecule has 0 aliphatic carbocycles. The van der Waals surface area contributed by atoms with Gasteiger partial charge >= 0.3 is 0 Å². The lowest BCUT2D eigenvalue weighted by molar-refractivity contribution is -0.132. The Balaban J connectivity index is 1.92. The average molecular weight is 425 g/mol. The molecule has 1 unspecified atom stereocenters. The van der Waals surface area contributed by atoms with Gasteiger partial charge in [-0.25, -0.2) is 8.78 Å². The summed E-state index contributed by atoms with van der Waals surface area (Å²) in [7, 11) is 0. The molecule has 1 atom stereocenters. The van der Waals surface area contributed by atoms with Gasteiger partial charge in [-0.05, 0) is 43.3 Å². The van der Waals surface area contributed by atoms with Gasteiger partial charge in [0, 0.05) is 11.6 Å². The lowest BCUT2D eigenvalue weighted by atomic mass is 9.99. The van der Waals surface area contributed by atoms with Gasteiger partial charge in [-0.15, -0.1) is 0 Å². The van der Waals surface area contributed by atoms with Crippen molar-refractivity contribution in [1.29, 1.82) is 0 Å². The molecule has 0 spiro atoms. The van der Waals surface area contributed by atoms with Crippen LogP contribution in [0, 0.1) is 11.6 Å². The summed E-state index contributed by atoms with van der Waals surface area (Å²) >= 11 is 0. The van der Waals surface area contributed by atoms with Crippen molar-refractivity contribution in [2.24, 2.45) is 0 Å².